The van der Waals surface area contributed by atoms with Gasteiger partial charge < -0.3 is 15.6 Å². The Kier molecular flexibility index (Phi) is 4.06. The second-order valence-electron chi connectivity index (χ2n) is 5.16. The number of nitrogens with zero attached hydrogens (tertiary/aromatic N) is 1. The van der Waals surface area contributed by atoms with Crippen LogP contribution in [0.25, 0.3) is 0 Å². The Morgan fingerprint density at radius 3 is 2.90 bits per heavy atom. The molecule has 1 aromatic rings. The molecule has 0 aromatic heterocycles. The fourth-order valence-electron chi connectivity index (χ4n) is 2.30. The van der Waals surface area contributed by atoms with Crippen molar-refractivity contribution in [3.05, 3.63) is 35.4 Å². The van der Waals surface area contributed by atoms with Gasteiger partial charge in [0.25, 0.3) is 5.91 Å². The summed E-state index contributed by atoms with van der Waals surface area (Å²) in [6.45, 7) is 3.75. The summed E-state index contributed by atoms with van der Waals surface area (Å²) in [6, 6.07) is 6.77. The number of carboxylic acid groups (broad SMARTS) is 1. The van der Waals surface area contributed by atoms with Crippen LogP contribution in [0.2, 0.25) is 0 Å². The molecular formula is C14H18N2O4. The zero-order valence-electron chi connectivity index (χ0n) is 11.3. The molecule has 3 N–H and O–H groups in total. The number of aromatic carboxylic acids is 1. The molecule has 6 heteroatoms. The van der Waals surface area contributed by atoms with Crippen LogP contribution in [-0.2, 0) is 16.1 Å². The van der Waals surface area contributed by atoms with Gasteiger partial charge >= 0.3 is 5.97 Å². The molecule has 108 valence electrons. The van der Waals surface area contributed by atoms with Crippen molar-refractivity contribution >= 4 is 11.9 Å². The minimum atomic E-state index is -0.983. The van der Waals surface area contributed by atoms with E-state index in [-0.39, 0.29) is 5.56 Å². The average molecular weight is 278 g/mol. The van der Waals surface area contributed by atoms with E-state index in [1.165, 1.54) is 0 Å². The van der Waals surface area contributed by atoms with Gasteiger partial charge in [0.1, 0.15) is 0 Å². The molecule has 0 saturated carbocycles. The van der Waals surface area contributed by atoms with Crippen LogP contribution in [0.1, 0.15) is 22.8 Å². The Morgan fingerprint density at radius 1 is 1.50 bits per heavy atom. The first kappa shape index (κ1) is 14.5. The van der Waals surface area contributed by atoms with Crippen molar-refractivity contribution in [3.8, 4) is 0 Å². The molecule has 1 fully saturated rings. The summed E-state index contributed by atoms with van der Waals surface area (Å²) in [4.78, 5) is 24.4. The maximum atomic E-state index is 11.4. The first-order valence-corrected chi connectivity index (χ1v) is 6.39. The van der Waals surface area contributed by atoms with E-state index >= 15 is 0 Å². The maximum absolute atomic E-state index is 11.4. The van der Waals surface area contributed by atoms with Crippen molar-refractivity contribution in [2.24, 2.45) is 5.73 Å². The molecule has 1 aliphatic rings. The molecule has 0 bridgehead atoms. The number of hydrogen-bond donors (Lipinski definition) is 2. The molecule has 1 saturated heterocycles. The number of primary amides is 1. The number of hydrogen-bond acceptors (Lipinski definition) is 4. The van der Waals surface area contributed by atoms with E-state index in [4.69, 9.17) is 15.6 Å². The number of amides is 1. The van der Waals surface area contributed by atoms with Crippen molar-refractivity contribution in [2.45, 2.75) is 19.1 Å². The van der Waals surface area contributed by atoms with Gasteiger partial charge in [0.15, 0.2) is 5.60 Å². The molecule has 0 radical (unpaired) electrons. The maximum Gasteiger partial charge on any atom is 0.335 e. The van der Waals surface area contributed by atoms with Crippen LogP contribution in [-0.4, -0.2) is 47.2 Å². The minimum Gasteiger partial charge on any atom is -0.478 e. The Balaban J connectivity index is 2.08. The van der Waals surface area contributed by atoms with Gasteiger partial charge in [-0.15, -0.1) is 0 Å². The van der Waals surface area contributed by atoms with E-state index in [0.717, 1.165) is 5.56 Å². The molecule has 0 unspecified atom stereocenters. The van der Waals surface area contributed by atoms with Crippen LogP contribution < -0.4 is 5.73 Å². The van der Waals surface area contributed by atoms with Crippen molar-refractivity contribution in [1.29, 1.82) is 0 Å². The highest BCUT2D eigenvalue weighted by atomic mass is 16.5. The Labute approximate surface area is 117 Å². The number of carbonyl (C=O) groups is 2. The van der Waals surface area contributed by atoms with Gasteiger partial charge in [-0.05, 0) is 24.6 Å². The number of carbonyl (C=O) groups excluding carboxylic acids is 1. The summed E-state index contributed by atoms with van der Waals surface area (Å²) in [5.41, 5.74) is 5.51. The minimum absolute atomic E-state index is 0.258. The Hall–Kier alpha value is -1.92. The molecule has 1 heterocycles. The van der Waals surface area contributed by atoms with Gasteiger partial charge in [0.2, 0.25) is 0 Å². The van der Waals surface area contributed by atoms with E-state index in [9.17, 15) is 9.59 Å². The summed E-state index contributed by atoms with van der Waals surface area (Å²) in [6.07, 6.45) is 0. The van der Waals surface area contributed by atoms with Gasteiger partial charge in [-0.3, -0.25) is 9.69 Å². The topological polar surface area (TPSA) is 92.9 Å². The van der Waals surface area contributed by atoms with E-state index < -0.39 is 17.5 Å². The van der Waals surface area contributed by atoms with E-state index in [0.29, 0.717) is 26.2 Å². The summed E-state index contributed by atoms with van der Waals surface area (Å²) in [7, 11) is 0. The molecule has 1 aromatic carbocycles. The second kappa shape index (κ2) is 5.60. The first-order valence-electron chi connectivity index (χ1n) is 6.39. The zero-order chi connectivity index (χ0) is 14.8. The lowest BCUT2D eigenvalue weighted by Gasteiger charge is -2.38. The molecule has 0 spiro atoms. The SMILES string of the molecule is C[C@@]1(C(N)=O)CN(Cc2cccc(C(=O)O)c2)CCO1. The number of morpholine rings is 1. The van der Waals surface area contributed by atoms with Gasteiger partial charge in [-0.25, -0.2) is 4.79 Å². The second-order valence-corrected chi connectivity index (χ2v) is 5.16. The monoisotopic (exact) mass is 278 g/mol. The number of carboxylic acids is 1. The molecule has 1 amide bonds. The molecule has 1 atom stereocenters. The first-order chi connectivity index (χ1) is 9.40. The molecule has 0 aliphatic carbocycles. The van der Waals surface area contributed by atoms with Gasteiger partial charge in [0.05, 0.1) is 12.2 Å². The highest BCUT2D eigenvalue weighted by Crippen LogP contribution is 2.19. The summed E-state index contributed by atoms with van der Waals surface area (Å²) >= 11 is 0. The van der Waals surface area contributed by atoms with Crippen molar-refractivity contribution in [3.63, 3.8) is 0 Å². The number of nitrogens with two attached hydrogens (primary N) is 1. The third kappa shape index (κ3) is 3.15. The quantitative estimate of drug-likeness (QED) is 0.834. The van der Waals surface area contributed by atoms with Crippen LogP contribution in [0.4, 0.5) is 0 Å². The smallest absolute Gasteiger partial charge is 0.335 e. The third-order valence-corrected chi connectivity index (χ3v) is 3.45. The molecule has 2 rings (SSSR count). The molecule has 20 heavy (non-hydrogen) atoms. The summed E-state index contributed by atoms with van der Waals surface area (Å²) in [5, 5.41) is 8.98. The van der Waals surface area contributed by atoms with Crippen molar-refractivity contribution in [1.82, 2.24) is 4.90 Å². The van der Waals surface area contributed by atoms with Crippen molar-refractivity contribution in [2.75, 3.05) is 19.7 Å². The number of benzene rings is 1. The number of rotatable bonds is 4. The Bertz CT molecular complexity index is 532. The lowest BCUT2D eigenvalue weighted by atomic mass is 10.0. The van der Waals surface area contributed by atoms with Gasteiger partial charge in [0, 0.05) is 19.6 Å². The highest BCUT2D eigenvalue weighted by molar-refractivity contribution is 5.87. The van der Waals surface area contributed by atoms with Gasteiger partial charge in [-0.2, -0.15) is 0 Å². The zero-order valence-corrected chi connectivity index (χ0v) is 11.3. The fourth-order valence-corrected chi connectivity index (χ4v) is 2.30. The fraction of sp³-hybridized carbons (Fsp3) is 0.429. The van der Waals surface area contributed by atoms with Crippen molar-refractivity contribution < 1.29 is 19.4 Å². The summed E-state index contributed by atoms with van der Waals surface area (Å²) in [5.74, 6) is -1.43. The molecular weight excluding hydrogens is 260 g/mol. The standard InChI is InChI=1S/C14H18N2O4/c1-14(13(15)19)9-16(5-6-20-14)8-10-3-2-4-11(7-10)12(17)18/h2-4,7H,5-6,8-9H2,1H3,(H2,15,19)(H,17,18)/t14-/m0/s1. The van der Waals surface area contributed by atoms with Crippen LogP contribution in [0.15, 0.2) is 24.3 Å². The lowest BCUT2D eigenvalue weighted by Crippen LogP contribution is -2.56. The molecule has 1 aliphatic heterocycles. The highest BCUT2D eigenvalue weighted by Gasteiger charge is 2.37. The van der Waals surface area contributed by atoms with Crippen LogP contribution in [0, 0.1) is 0 Å². The third-order valence-electron chi connectivity index (χ3n) is 3.45. The lowest BCUT2D eigenvalue weighted by molar-refractivity contribution is -0.153. The average Bonchev–Trinajstić information content (AvgIpc) is 2.39. The summed E-state index contributed by atoms with van der Waals surface area (Å²) < 4.78 is 5.45. The van der Waals surface area contributed by atoms with E-state index in [1.54, 1.807) is 25.1 Å². The number of ether oxygens (including phenoxy) is 1. The normalized spacial score (nSPS) is 23.4. The largest absolute Gasteiger partial charge is 0.478 e. The van der Waals surface area contributed by atoms with E-state index in [1.807, 2.05) is 11.0 Å². The predicted molar refractivity (Wildman–Crippen MR) is 72.2 cm³/mol. The predicted octanol–water partition coefficient (Wildman–Crippen LogP) is 0.461. The molecule has 6 nitrogen and oxygen atoms in total. The van der Waals surface area contributed by atoms with Crippen LogP contribution >= 0.6 is 0 Å². The Morgan fingerprint density at radius 2 is 2.25 bits per heavy atom. The van der Waals surface area contributed by atoms with Crippen LogP contribution in [0.3, 0.4) is 0 Å². The van der Waals surface area contributed by atoms with Crippen LogP contribution in [0.5, 0.6) is 0 Å². The van der Waals surface area contributed by atoms with Gasteiger partial charge in [-0.1, -0.05) is 12.1 Å². The van der Waals surface area contributed by atoms with E-state index in [2.05, 4.69) is 0 Å².